The lowest BCUT2D eigenvalue weighted by Crippen LogP contribution is -2.34. The Kier molecular flexibility index (Phi) is 5.29. The number of ether oxygens (including phenoxy) is 1. The van der Waals surface area contributed by atoms with Crippen LogP contribution in [0.5, 0.6) is 5.75 Å². The molecule has 0 unspecified atom stereocenters. The van der Waals surface area contributed by atoms with Crippen molar-refractivity contribution in [1.29, 1.82) is 0 Å². The van der Waals surface area contributed by atoms with Crippen molar-refractivity contribution in [1.82, 2.24) is 5.32 Å². The molecule has 0 atom stereocenters. The summed E-state index contributed by atoms with van der Waals surface area (Å²) in [6.45, 7) is 2.50. The van der Waals surface area contributed by atoms with Crippen molar-refractivity contribution in [2.24, 2.45) is 0 Å². The van der Waals surface area contributed by atoms with Crippen LogP contribution in [0.3, 0.4) is 0 Å². The van der Waals surface area contributed by atoms with Crippen LogP contribution >= 0.6 is 12.2 Å². The third-order valence-electron chi connectivity index (χ3n) is 2.69. The molecule has 2 aromatic carbocycles. The van der Waals surface area contributed by atoms with Crippen LogP contribution in [-0.4, -0.2) is 17.6 Å². The molecule has 0 aliphatic rings. The topological polar surface area (TPSA) is 50.4 Å². The van der Waals surface area contributed by atoms with Crippen LogP contribution in [0.15, 0.2) is 54.6 Å². The zero-order valence-corrected chi connectivity index (χ0v) is 12.4. The fraction of sp³-hybridized carbons (Fsp3) is 0.125. The van der Waals surface area contributed by atoms with Crippen LogP contribution in [-0.2, 0) is 0 Å². The molecule has 0 radical (unpaired) electrons. The number of nitrogens with one attached hydrogen (secondary N) is 2. The van der Waals surface area contributed by atoms with Gasteiger partial charge in [0.2, 0.25) is 0 Å². The number of carbonyl (C=O) groups is 1. The first kappa shape index (κ1) is 15.0. The predicted octanol–water partition coefficient (Wildman–Crippen LogP) is 3.21. The van der Waals surface area contributed by atoms with E-state index in [0.29, 0.717) is 12.2 Å². The summed E-state index contributed by atoms with van der Waals surface area (Å²) < 4.78 is 5.33. The SMILES string of the molecule is CCOc1ccc(C(=O)NC(=S)Nc2ccccc2)cc1. The summed E-state index contributed by atoms with van der Waals surface area (Å²) in [4.78, 5) is 12.0. The second-order valence-electron chi connectivity index (χ2n) is 4.23. The van der Waals surface area contributed by atoms with Gasteiger partial charge < -0.3 is 10.1 Å². The lowest BCUT2D eigenvalue weighted by atomic mass is 10.2. The second kappa shape index (κ2) is 7.40. The molecule has 0 bridgehead atoms. The van der Waals surface area contributed by atoms with E-state index in [4.69, 9.17) is 17.0 Å². The zero-order chi connectivity index (χ0) is 15.1. The average molecular weight is 300 g/mol. The van der Waals surface area contributed by atoms with Crippen LogP contribution in [0.4, 0.5) is 5.69 Å². The number of amides is 1. The molecular formula is C16H16N2O2S. The molecule has 4 nitrogen and oxygen atoms in total. The summed E-state index contributed by atoms with van der Waals surface area (Å²) in [6, 6.07) is 16.3. The molecular weight excluding hydrogens is 284 g/mol. The third kappa shape index (κ3) is 4.57. The number of anilines is 1. The minimum Gasteiger partial charge on any atom is -0.494 e. The van der Waals surface area contributed by atoms with Gasteiger partial charge in [0.25, 0.3) is 5.91 Å². The standard InChI is InChI=1S/C16H16N2O2S/c1-2-20-14-10-8-12(9-11-14)15(19)18-16(21)17-13-6-4-3-5-7-13/h3-11H,2H2,1H3,(H2,17,18,19,21). The van der Waals surface area contributed by atoms with E-state index in [0.717, 1.165) is 11.4 Å². The summed E-state index contributed by atoms with van der Waals surface area (Å²) in [7, 11) is 0. The van der Waals surface area contributed by atoms with E-state index in [1.165, 1.54) is 0 Å². The monoisotopic (exact) mass is 300 g/mol. The molecule has 1 amide bonds. The molecule has 108 valence electrons. The van der Waals surface area contributed by atoms with Gasteiger partial charge in [-0.3, -0.25) is 10.1 Å². The molecule has 0 spiro atoms. The number of rotatable bonds is 4. The molecule has 2 N–H and O–H groups in total. The first-order chi connectivity index (χ1) is 10.2. The van der Waals surface area contributed by atoms with Gasteiger partial charge in [-0.1, -0.05) is 18.2 Å². The summed E-state index contributed by atoms with van der Waals surface area (Å²) in [5, 5.41) is 5.85. The Morgan fingerprint density at radius 2 is 1.76 bits per heavy atom. The van der Waals surface area contributed by atoms with Crippen molar-refractivity contribution >= 4 is 28.9 Å². The minimum atomic E-state index is -0.258. The van der Waals surface area contributed by atoms with Crippen molar-refractivity contribution in [2.45, 2.75) is 6.92 Å². The highest BCUT2D eigenvalue weighted by molar-refractivity contribution is 7.80. The molecule has 0 aliphatic heterocycles. The molecule has 21 heavy (non-hydrogen) atoms. The normalized spacial score (nSPS) is 9.76. The summed E-state index contributed by atoms with van der Waals surface area (Å²) in [6.07, 6.45) is 0. The first-order valence-corrected chi connectivity index (χ1v) is 7.00. The third-order valence-corrected chi connectivity index (χ3v) is 2.89. The summed E-state index contributed by atoms with van der Waals surface area (Å²) in [5.41, 5.74) is 1.35. The predicted molar refractivity (Wildman–Crippen MR) is 87.7 cm³/mol. The highest BCUT2D eigenvalue weighted by atomic mass is 32.1. The number of benzene rings is 2. The molecule has 0 heterocycles. The van der Waals surface area contributed by atoms with Crippen molar-refractivity contribution in [2.75, 3.05) is 11.9 Å². The van der Waals surface area contributed by atoms with Gasteiger partial charge in [0, 0.05) is 11.3 Å². The maximum atomic E-state index is 12.0. The number of carbonyl (C=O) groups excluding carboxylic acids is 1. The van der Waals surface area contributed by atoms with Crippen molar-refractivity contribution in [3.63, 3.8) is 0 Å². The average Bonchev–Trinajstić information content (AvgIpc) is 2.49. The van der Waals surface area contributed by atoms with Gasteiger partial charge >= 0.3 is 0 Å². The van der Waals surface area contributed by atoms with Crippen molar-refractivity contribution < 1.29 is 9.53 Å². The lowest BCUT2D eigenvalue weighted by Gasteiger charge is -2.10. The van der Waals surface area contributed by atoms with Gasteiger partial charge in [0.1, 0.15) is 5.75 Å². The van der Waals surface area contributed by atoms with E-state index in [9.17, 15) is 4.79 Å². The molecule has 0 saturated carbocycles. The Morgan fingerprint density at radius 1 is 1.10 bits per heavy atom. The molecule has 0 aromatic heterocycles. The van der Waals surface area contributed by atoms with Crippen LogP contribution in [0.2, 0.25) is 0 Å². The van der Waals surface area contributed by atoms with E-state index >= 15 is 0 Å². The molecule has 2 aromatic rings. The Hall–Kier alpha value is -2.40. The zero-order valence-electron chi connectivity index (χ0n) is 11.6. The minimum absolute atomic E-state index is 0.258. The van der Waals surface area contributed by atoms with Gasteiger partial charge in [-0.25, -0.2) is 0 Å². The van der Waals surface area contributed by atoms with Crippen LogP contribution < -0.4 is 15.4 Å². The second-order valence-corrected chi connectivity index (χ2v) is 4.64. The molecule has 2 rings (SSSR count). The fourth-order valence-corrected chi connectivity index (χ4v) is 1.94. The maximum Gasteiger partial charge on any atom is 0.257 e. The van der Waals surface area contributed by atoms with Gasteiger partial charge in [0.05, 0.1) is 6.61 Å². The quantitative estimate of drug-likeness (QED) is 0.851. The first-order valence-electron chi connectivity index (χ1n) is 6.59. The Morgan fingerprint density at radius 3 is 2.38 bits per heavy atom. The van der Waals surface area contributed by atoms with Gasteiger partial charge in [-0.15, -0.1) is 0 Å². The molecule has 0 fully saturated rings. The highest BCUT2D eigenvalue weighted by Gasteiger charge is 2.08. The number of thiocarbonyl (C=S) groups is 1. The molecule has 5 heteroatoms. The van der Waals surface area contributed by atoms with Crippen LogP contribution in [0.1, 0.15) is 17.3 Å². The van der Waals surface area contributed by atoms with E-state index in [1.54, 1.807) is 24.3 Å². The highest BCUT2D eigenvalue weighted by Crippen LogP contribution is 2.12. The number of para-hydroxylation sites is 1. The van der Waals surface area contributed by atoms with Gasteiger partial charge in [-0.2, -0.15) is 0 Å². The van der Waals surface area contributed by atoms with Gasteiger partial charge in [-0.05, 0) is 55.5 Å². The smallest absolute Gasteiger partial charge is 0.257 e. The van der Waals surface area contributed by atoms with Gasteiger partial charge in [0.15, 0.2) is 5.11 Å². The number of hydrogen-bond acceptors (Lipinski definition) is 3. The number of hydrogen-bond donors (Lipinski definition) is 2. The van der Waals surface area contributed by atoms with Crippen LogP contribution in [0.25, 0.3) is 0 Å². The fourth-order valence-electron chi connectivity index (χ4n) is 1.73. The van der Waals surface area contributed by atoms with E-state index < -0.39 is 0 Å². The molecule has 0 aliphatic carbocycles. The van der Waals surface area contributed by atoms with Crippen molar-refractivity contribution in [3.05, 3.63) is 60.2 Å². The molecule has 0 saturated heterocycles. The summed E-state index contributed by atoms with van der Waals surface area (Å²) in [5.74, 6) is 0.477. The Balaban J connectivity index is 1.93. The Labute approximate surface area is 129 Å². The Bertz CT molecular complexity index is 612. The van der Waals surface area contributed by atoms with Crippen molar-refractivity contribution in [3.8, 4) is 5.75 Å². The summed E-state index contributed by atoms with van der Waals surface area (Å²) >= 11 is 5.11. The van der Waals surface area contributed by atoms with Crippen LogP contribution in [0, 0.1) is 0 Å². The van der Waals surface area contributed by atoms with E-state index in [-0.39, 0.29) is 11.0 Å². The lowest BCUT2D eigenvalue weighted by molar-refractivity contribution is 0.0977. The van der Waals surface area contributed by atoms with E-state index in [1.807, 2.05) is 37.3 Å². The van der Waals surface area contributed by atoms with E-state index in [2.05, 4.69) is 10.6 Å². The largest absolute Gasteiger partial charge is 0.494 e. The maximum absolute atomic E-state index is 12.0.